The summed E-state index contributed by atoms with van der Waals surface area (Å²) < 4.78 is 0.971. The predicted molar refractivity (Wildman–Crippen MR) is 94.7 cm³/mol. The first-order chi connectivity index (χ1) is 10.5. The third kappa shape index (κ3) is 3.34. The van der Waals surface area contributed by atoms with Crippen LogP contribution in [0.5, 0.6) is 0 Å². The van der Waals surface area contributed by atoms with Crippen LogP contribution in [0.15, 0.2) is 45.8 Å². The molecular formula is C16H12BrNO2S2. The third-order valence-electron chi connectivity index (χ3n) is 3.16. The van der Waals surface area contributed by atoms with Gasteiger partial charge in [-0.25, -0.2) is 0 Å². The van der Waals surface area contributed by atoms with Crippen molar-refractivity contribution in [1.29, 1.82) is 0 Å². The van der Waals surface area contributed by atoms with E-state index in [4.69, 9.17) is 0 Å². The van der Waals surface area contributed by atoms with Crippen LogP contribution in [0.1, 0.15) is 15.3 Å². The molecule has 0 N–H and O–H groups in total. The number of hydrogen-bond donors (Lipinski definition) is 0. The Kier molecular flexibility index (Phi) is 4.52. The molecule has 1 aliphatic rings. The summed E-state index contributed by atoms with van der Waals surface area (Å²) in [6.45, 7) is 2.32. The Hall–Kier alpha value is -1.37. The number of hydrogen-bond acceptors (Lipinski definition) is 4. The zero-order valence-corrected chi connectivity index (χ0v) is 14.9. The number of carbonyl (C=O) groups excluding carboxylic acids is 2. The van der Waals surface area contributed by atoms with Gasteiger partial charge in [-0.3, -0.25) is 14.5 Å². The van der Waals surface area contributed by atoms with E-state index in [2.05, 4.69) is 15.9 Å². The molecule has 1 fully saturated rings. The number of nitrogens with zero attached hydrogens (tertiary/aromatic N) is 1. The predicted octanol–water partition coefficient (Wildman–Crippen LogP) is 5.06. The highest BCUT2D eigenvalue weighted by molar-refractivity contribution is 9.10. The SMILES string of the molecule is Cc1ccc(/C=C2\SC(=O)N(Cc3ccc(Br)cc3)C2=O)s1. The van der Waals surface area contributed by atoms with Crippen LogP contribution in [-0.4, -0.2) is 16.0 Å². The number of aryl methyl sites for hydroxylation is 1. The molecule has 2 amide bonds. The second kappa shape index (κ2) is 6.40. The topological polar surface area (TPSA) is 37.4 Å². The molecule has 0 atom stereocenters. The summed E-state index contributed by atoms with van der Waals surface area (Å²) in [5.41, 5.74) is 0.929. The molecule has 0 spiro atoms. The summed E-state index contributed by atoms with van der Waals surface area (Å²) in [6, 6.07) is 11.6. The average Bonchev–Trinajstić information content (AvgIpc) is 3.00. The normalized spacial score (nSPS) is 16.8. The zero-order chi connectivity index (χ0) is 15.7. The number of rotatable bonds is 3. The molecule has 3 rings (SSSR count). The lowest BCUT2D eigenvalue weighted by atomic mass is 10.2. The summed E-state index contributed by atoms with van der Waals surface area (Å²) >= 11 is 5.98. The van der Waals surface area contributed by atoms with Crippen molar-refractivity contribution in [3.63, 3.8) is 0 Å². The molecule has 0 bridgehead atoms. The minimum Gasteiger partial charge on any atom is -0.268 e. The first-order valence-electron chi connectivity index (χ1n) is 6.59. The maximum absolute atomic E-state index is 12.4. The summed E-state index contributed by atoms with van der Waals surface area (Å²) in [4.78, 5) is 28.4. The maximum Gasteiger partial charge on any atom is 0.293 e. The van der Waals surface area contributed by atoms with Gasteiger partial charge >= 0.3 is 0 Å². The van der Waals surface area contributed by atoms with Gasteiger partial charge in [0.15, 0.2) is 0 Å². The van der Waals surface area contributed by atoms with E-state index in [-0.39, 0.29) is 11.1 Å². The largest absolute Gasteiger partial charge is 0.293 e. The van der Waals surface area contributed by atoms with Gasteiger partial charge < -0.3 is 0 Å². The Morgan fingerprint density at radius 3 is 2.50 bits per heavy atom. The highest BCUT2D eigenvalue weighted by Gasteiger charge is 2.35. The third-order valence-corrected chi connectivity index (χ3v) is 5.55. The molecule has 1 aromatic carbocycles. The highest BCUT2D eigenvalue weighted by Crippen LogP contribution is 2.34. The first-order valence-corrected chi connectivity index (χ1v) is 9.02. The molecule has 6 heteroatoms. The minimum atomic E-state index is -0.219. The van der Waals surface area contributed by atoms with Crippen molar-refractivity contribution in [3.8, 4) is 0 Å². The van der Waals surface area contributed by atoms with E-state index in [1.807, 2.05) is 43.3 Å². The fraction of sp³-hybridized carbons (Fsp3) is 0.125. The lowest BCUT2D eigenvalue weighted by Gasteiger charge is -2.12. The maximum atomic E-state index is 12.4. The van der Waals surface area contributed by atoms with Gasteiger partial charge in [0.25, 0.3) is 11.1 Å². The van der Waals surface area contributed by atoms with Gasteiger partial charge in [0.2, 0.25) is 0 Å². The molecule has 0 unspecified atom stereocenters. The molecule has 22 heavy (non-hydrogen) atoms. The zero-order valence-electron chi connectivity index (χ0n) is 11.7. The van der Waals surface area contributed by atoms with Gasteiger partial charge in [0.1, 0.15) is 0 Å². The smallest absolute Gasteiger partial charge is 0.268 e. The van der Waals surface area contributed by atoms with Crippen LogP contribution in [0.4, 0.5) is 4.79 Å². The average molecular weight is 394 g/mol. The molecule has 0 saturated carbocycles. The van der Waals surface area contributed by atoms with E-state index in [1.165, 1.54) is 9.78 Å². The van der Waals surface area contributed by atoms with Gasteiger partial charge in [-0.15, -0.1) is 11.3 Å². The molecule has 1 aliphatic heterocycles. The molecule has 2 heterocycles. The summed E-state index contributed by atoms with van der Waals surface area (Å²) in [7, 11) is 0. The van der Waals surface area contributed by atoms with Crippen molar-refractivity contribution in [3.05, 3.63) is 61.1 Å². The van der Waals surface area contributed by atoms with E-state index in [0.717, 1.165) is 26.7 Å². The van der Waals surface area contributed by atoms with Crippen LogP contribution in [0.3, 0.4) is 0 Å². The lowest BCUT2D eigenvalue weighted by molar-refractivity contribution is -0.123. The van der Waals surface area contributed by atoms with Gasteiger partial charge in [-0.1, -0.05) is 28.1 Å². The number of thioether (sulfide) groups is 1. The summed E-state index contributed by atoms with van der Waals surface area (Å²) in [5.74, 6) is -0.219. The fourth-order valence-electron chi connectivity index (χ4n) is 2.07. The number of halogens is 1. The molecular weight excluding hydrogens is 382 g/mol. The molecule has 0 radical (unpaired) electrons. The summed E-state index contributed by atoms with van der Waals surface area (Å²) in [6.07, 6.45) is 1.80. The van der Waals surface area contributed by atoms with Crippen LogP contribution in [0.2, 0.25) is 0 Å². The Morgan fingerprint density at radius 1 is 1.14 bits per heavy atom. The van der Waals surface area contributed by atoms with Crippen molar-refractivity contribution in [2.24, 2.45) is 0 Å². The van der Waals surface area contributed by atoms with E-state index in [0.29, 0.717) is 11.4 Å². The van der Waals surface area contributed by atoms with Crippen molar-refractivity contribution in [2.45, 2.75) is 13.5 Å². The number of imide groups is 1. The second-order valence-electron chi connectivity index (χ2n) is 4.84. The van der Waals surface area contributed by atoms with Crippen LogP contribution < -0.4 is 0 Å². The van der Waals surface area contributed by atoms with Crippen LogP contribution >= 0.6 is 39.0 Å². The Labute approximate surface area is 145 Å². The van der Waals surface area contributed by atoms with Crippen molar-refractivity contribution in [2.75, 3.05) is 0 Å². The number of benzene rings is 1. The van der Waals surface area contributed by atoms with E-state index in [1.54, 1.807) is 17.4 Å². The lowest BCUT2D eigenvalue weighted by Crippen LogP contribution is -2.27. The van der Waals surface area contributed by atoms with E-state index in [9.17, 15) is 9.59 Å². The second-order valence-corrected chi connectivity index (χ2v) is 8.07. The number of thiophene rings is 1. The summed E-state index contributed by atoms with van der Waals surface area (Å²) in [5, 5.41) is -0.215. The van der Waals surface area contributed by atoms with Crippen LogP contribution in [-0.2, 0) is 11.3 Å². The quantitative estimate of drug-likeness (QED) is 0.684. The molecule has 1 saturated heterocycles. The van der Waals surface area contributed by atoms with Crippen molar-refractivity contribution < 1.29 is 9.59 Å². The monoisotopic (exact) mass is 393 g/mol. The molecule has 1 aromatic heterocycles. The fourth-order valence-corrected chi connectivity index (χ4v) is 4.06. The Balaban J connectivity index is 1.79. The van der Waals surface area contributed by atoms with Gasteiger partial charge in [0, 0.05) is 14.2 Å². The molecule has 112 valence electrons. The first kappa shape index (κ1) is 15.5. The van der Waals surface area contributed by atoms with E-state index >= 15 is 0 Å². The minimum absolute atomic E-state index is 0.215. The standard InChI is InChI=1S/C16H12BrNO2S2/c1-10-2-7-13(21-10)8-14-15(19)18(16(20)22-14)9-11-3-5-12(17)6-4-11/h2-8H,9H2,1H3/b14-8-. The molecule has 3 nitrogen and oxygen atoms in total. The van der Waals surface area contributed by atoms with Crippen molar-refractivity contribution >= 4 is 56.3 Å². The van der Waals surface area contributed by atoms with Crippen LogP contribution in [0, 0.1) is 6.92 Å². The van der Waals surface area contributed by atoms with Gasteiger partial charge in [-0.2, -0.15) is 0 Å². The van der Waals surface area contributed by atoms with Crippen molar-refractivity contribution in [1.82, 2.24) is 4.90 Å². The molecule has 0 aliphatic carbocycles. The number of carbonyl (C=O) groups is 2. The van der Waals surface area contributed by atoms with Gasteiger partial charge in [-0.05, 0) is 54.6 Å². The highest BCUT2D eigenvalue weighted by atomic mass is 79.9. The number of amides is 2. The molecule has 2 aromatic rings. The Morgan fingerprint density at radius 2 is 1.86 bits per heavy atom. The van der Waals surface area contributed by atoms with E-state index < -0.39 is 0 Å². The Bertz CT molecular complexity index is 765. The van der Waals surface area contributed by atoms with Gasteiger partial charge in [0.05, 0.1) is 11.4 Å². The van der Waals surface area contributed by atoms with Crippen LogP contribution in [0.25, 0.3) is 6.08 Å².